The summed E-state index contributed by atoms with van der Waals surface area (Å²) in [6.45, 7) is 4.68. The lowest BCUT2D eigenvalue weighted by molar-refractivity contribution is 0.0951. The Morgan fingerprint density at radius 3 is 2.62 bits per heavy atom. The van der Waals surface area contributed by atoms with Crippen LogP contribution in [0.3, 0.4) is 0 Å². The van der Waals surface area contributed by atoms with Crippen LogP contribution in [0.1, 0.15) is 41.6 Å². The molecular weight excluding hydrogens is 362 g/mol. The number of rotatable bonds is 7. The molecule has 0 aliphatic carbocycles. The van der Waals surface area contributed by atoms with E-state index in [0.29, 0.717) is 24.0 Å². The first-order chi connectivity index (χ1) is 14.2. The van der Waals surface area contributed by atoms with Crippen molar-refractivity contribution < 1.29 is 9.90 Å². The van der Waals surface area contributed by atoms with Crippen LogP contribution in [0.4, 0.5) is 0 Å². The summed E-state index contributed by atoms with van der Waals surface area (Å²) in [7, 11) is 0. The Balaban J connectivity index is 1.37. The van der Waals surface area contributed by atoms with Crippen LogP contribution >= 0.6 is 0 Å². The summed E-state index contributed by atoms with van der Waals surface area (Å²) in [5.41, 5.74) is 1.71. The van der Waals surface area contributed by atoms with Crippen LogP contribution in [0.2, 0.25) is 0 Å². The SMILES string of the molecule is O=C(NCCCN1CCCCC1)c1ccc2cn(Cc3ccccc3)c(O)c2c1. The molecule has 2 aromatic carbocycles. The van der Waals surface area contributed by atoms with Crippen molar-refractivity contribution in [1.82, 2.24) is 14.8 Å². The first-order valence-electron chi connectivity index (χ1n) is 10.6. The van der Waals surface area contributed by atoms with Gasteiger partial charge in [0.15, 0.2) is 5.88 Å². The van der Waals surface area contributed by atoms with E-state index in [4.69, 9.17) is 0 Å². The summed E-state index contributed by atoms with van der Waals surface area (Å²) in [5.74, 6) is 0.115. The Morgan fingerprint density at radius 2 is 1.83 bits per heavy atom. The third-order valence-corrected chi connectivity index (χ3v) is 5.70. The van der Waals surface area contributed by atoms with Gasteiger partial charge >= 0.3 is 0 Å². The second-order valence-corrected chi connectivity index (χ2v) is 7.88. The smallest absolute Gasteiger partial charge is 0.251 e. The Bertz CT molecular complexity index is 959. The van der Waals surface area contributed by atoms with Crippen LogP contribution in [0, 0.1) is 0 Å². The molecule has 152 valence electrons. The van der Waals surface area contributed by atoms with E-state index in [2.05, 4.69) is 10.2 Å². The van der Waals surface area contributed by atoms with E-state index in [1.54, 1.807) is 6.07 Å². The molecule has 5 heteroatoms. The number of nitrogens with zero attached hydrogens (tertiary/aromatic N) is 2. The first kappa shape index (κ1) is 19.5. The summed E-state index contributed by atoms with van der Waals surface area (Å²) in [6, 6.07) is 15.5. The average molecular weight is 392 g/mol. The lowest BCUT2D eigenvalue weighted by Gasteiger charge is -2.26. The van der Waals surface area contributed by atoms with Crippen LogP contribution in [0.15, 0.2) is 54.7 Å². The molecule has 0 radical (unpaired) electrons. The van der Waals surface area contributed by atoms with Crippen molar-refractivity contribution in [3.05, 3.63) is 65.9 Å². The standard InChI is InChI=1S/C24H29N3O2/c28-23(25-12-7-15-26-13-5-2-6-14-26)20-10-11-21-18-27(24(29)22(21)16-20)17-19-8-3-1-4-9-19/h1,3-4,8-11,16,18,29H,2,5-7,12-15,17H2,(H,25,28). The third-order valence-electron chi connectivity index (χ3n) is 5.70. The Kier molecular flexibility index (Phi) is 6.15. The number of benzene rings is 2. The van der Waals surface area contributed by atoms with E-state index in [1.807, 2.05) is 53.2 Å². The predicted molar refractivity (Wildman–Crippen MR) is 116 cm³/mol. The molecule has 4 rings (SSSR count). The molecule has 0 unspecified atom stereocenters. The summed E-state index contributed by atoms with van der Waals surface area (Å²) in [5, 5.41) is 15.3. The number of likely N-dealkylation sites (tertiary alicyclic amines) is 1. The van der Waals surface area contributed by atoms with E-state index in [9.17, 15) is 9.90 Å². The molecule has 1 aliphatic heterocycles. The second kappa shape index (κ2) is 9.14. The maximum atomic E-state index is 12.5. The normalized spacial score (nSPS) is 14.9. The van der Waals surface area contributed by atoms with Crippen molar-refractivity contribution in [2.45, 2.75) is 32.2 Å². The van der Waals surface area contributed by atoms with E-state index in [-0.39, 0.29) is 11.8 Å². The van der Waals surface area contributed by atoms with E-state index in [0.717, 1.165) is 23.9 Å². The second-order valence-electron chi connectivity index (χ2n) is 7.88. The van der Waals surface area contributed by atoms with Crippen molar-refractivity contribution in [2.75, 3.05) is 26.2 Å². The number of fused-ring (bicyclic) bond motifs is 1. The van der Waals surface area contributed by atoms with Gasteiger partial charge in [0.1, 0.15) is 0 Å². The van der Waals surface area contributed by atoms with Crippen LogP contribution < -0.4 is 5.32 Å². The number of amides is 1. The molecule has 1 aromatic heterocycles. The van der Waals surface area contributed by atoms with Crippen molar-refractivity contribution in [2.24, 2.45) is 0 Å². The molecule has 0 saturated carbocycles. The zero-order valence-corrected chi connectivity index (χ0v) is 16.8. The molecule has 1 amide bonds. The predicted octanol–water partition coefficient (Wildman–Crippen LogP) is 4.00. The minimum atomic E-state index is -0.0826. The van der Waals surface area contributed by atoms with Gasteiger partial charge in [-0.1, -0.05) is 42.8 Å². The number of carbonyl (C=O) groups excluding carboxylic acids is 1. The molecular formula is C24H29N3O2. The van der Waals surface area contributed by atoms with Gasteiger partial charge in [-0.2, -0.15) is 0 Å². The molecule has 5 nitrogen and oxygen atoms in total. The number of nitrogens with one attached hydrogen (secondary N) is 1. The summed E-state index contributed by atoms with van der Waals surface area (Å²) < 4.78 is 1.82. The van der Waals surface area contributed by atoms with Crippen LogP contribution in [0.5, 0.6) is 5.88 Å². The van der Waals surface area contributed by atoms with Gasteiger partial charge in [0.05, 0.1) is 6.54 Å². The zero-order chi connectivity index (χ0) is 20.1. The van der Waals surface area contributed by atoms with Gasteiger partial charge in [-0.25, -0.2) is 0 Å². The van der Waals surface area contributed by atoms with Crippen molar-refractivity contribution in [3.63, 3.8) is 0 Å². The first-order valence-corrected chi connectivity index (χ1v) is 10.6. The largest absolute Gasteiger partial charge is 0.494 e. The molecule has 0 bridgehead atoms. The summed E-state index contributed by atoms with van der Waals surface area (Å²) in [6.07, 6.45) is 6.82. The Morgan fingerprint density at radius 1 is 1.03 bits per heavy atom. The highest BCUT2D eigenvalue weighted by Crippen LogP contribution is 2.29. The lowest BCUT2D eigenvalue weighted by atomic mass is 10.1. The van der Waals surface area contributed by atoms with E-state index in [1.165, 1.54) is 32.4 Å². The fourth-order valence-electron chi connectivity index (χ4n) is 4.08. The van der Waals surface area contributed by atoms with Crippen LogP contribution in [-0.2, 0) is 6.54 Å². The number of aromatic hydroxyl groups is 1. The van der Waals surface area contributed by atoms with Gasteiger partial charge < -0.3 is 19.9 Å². The fraction of sp³-hybridized carbons (Fsp3) is 0.375. The van der Waals surface area contributed by atoms with Gasteiger partial charge in [-0.3, -0.25) is 4.79 Å². The van der Waals surface area contributed by atoms with E-state index >= 15 is 0 Å². The van der Waals surface area contributed by atoms with Gasteiger partial charge in [0.2, 0.25) is 0 Å². The molecule has 2 heterocycles. The number of aromatic nitrogens is 1. The highest BCUT2D eigenvalue weighted by molar-refractivity contribution is 6.00. The van der Waals surface area contributed by atoms with Crippen molar-refractivity contribution in [1.29, 1.82) is 0 Å². The van der Waals surface area contributed by atoms with Gasteiger partial charge in [0, 0.05) is 29.1 Å². The van der Waals surface area contributed by atoms with Gasteiger partial charge in [-0.15, -0.1) is 0 Å². The number of piperidine rings is 1. The fourth-order valence-corrected chi connectivity index (χ4v) is 4.08. The molecule has 2 N–H and O–H groups in total. The number of carbonyl (C=O) groups is 1. The maximum Gasteiger partial charge on any atom is 0.251 e. The monoisotopic (exact) mass is 391 g/mol. The lowest BCUT2D eigenvalue weighted by Crippen LogP contribution is -2.33. The molecule has 29 heavy (non-hydrogen) atoms. The maximum absolute atomic E-state index is 12.5. The molecule has 1 saturated heterocycles. The van der Waals surface area contributed by atoms with Crippen LogP contribution in [0.25, 0.3) is 10.8 Å². The molecule has 0 spiro atoms. The van der Waals surface area contributed by atoms with Crippen LogP contribution in [-0.4, -0.2) is 46.7 Å². The van der Waals surface area contributed by atoms with Gasteiger partial charge in [0.25, 0.3) is 5.91 Å². The third kappa shape index (κ3) is 4.80. The van der Waals surface area contributed by atoms with Crippen molar-refractivity contribution in [3.8, 4) is 5.88 Å². The average Bonchev–Trinajstić information content (AvgIpc) is 3.07. The van der Waals surface area contributed by atoms with Crippen molar-refractivity contribution >= 4 is 16.7 Å². The summed E-state index contributed by atoms with van der Waals surface area (Å²) >= 11 is 0. The minimum Gasteiger partial charge on any atom is -0.494 e. The molecule has 1 aliphatic rings. The Hall–Kier alpha value is -2.79. The molecule has 1 fully saturated rings. The Labute approximate surface area is 171 Å². The minimum absolute atomic E-state index is 0.0826. The quantitative estimate of drug-likeness (QED) is 0.599. The zero-order valence-electron chi connectivity index (χ0n) is 16.8. The van der Waals surface area contributed by atoms with Gasteiger partial charge in [-0.05, 0) is 56.6 Å². The topological polar surface area (TPSA) is 57.5 Å². The highest BCUT2D eigenvalue weighted by atomic mass is 16.3. The molecule has 0 atom stereocenters. The van der Waals surface area contributed by atoms with E-state index < -0.39 is 0 Å². The molecule has 3 aromatic rings. The summed E-state index contributed by atoms with van der Waals surface area (Å²) in [4.78, 5) is 15.0. The number of hydrogen-bond donors (Lipinski definition) is 2. The highest BCUT2D eigenvalue weighted by Gasteiger charge is 2.13. The number of hydrogen-bond acceptors (Lipinski definition) is 3.